The van der Waals surface area contributed by atoms with Crippen molar-refractivity contribution in [2.75, 3.05) is 5.32 Å². The molecule has 0 bridgehead atoms. The van der Waals surface area contributed by atoms with E-state index < -0.39 is 5.82 Å². The highest BCUT2D eigenvalue weighted by atomic mass is 19.1. The van der Waals surface area contributed by atoms with Gasteiger partial charge < -0.3 is 19.5 Å². The number of amides is 1. The Morgan fingerprint density at radius 1 is 1.18 bits per heavy atom. The topological polar surface area (TPSA) is 71.6 Å². The zero-order chi connectivity index (χ0) is 24.4. The van der Waals surface area contributed by atoms with Crippen LogP contribution in [0.2, 0.25) is 0 Å². The number of pyridine rings is 1. The lowest BCUT2D eigenvalue weighted by atomic mass is 9.80. The van der Waals surface area contributed by atoms with Gasteiger partial charge in [0.05, 0.1) is 16.9 Å². The molecule has 3 aromatic heterocycles. The Kier molecular flexibility index (Phi) is 4.95. The van der Waals surface area contributed by atoms with Gasteiger partial charge in [0.2, 0.25) is 0 Å². The number of nitrogens with zero attached hydrogens (tertiary/aromatic N) is 2. The first kappa shape index (κ1) is 22.3. The smallest absolute Gasteiger partial charge is 0.259 e. The van der Waals surface area contributed by atoms with Crippen molar-refractivity contribution in [2.45, 2.75) is 59.0 Å². The van der Waals surface area contributed by atoms with Crippen molar-refractivity contribution in [3.05, 3.63) is 71.1 Å². The lowest BCUT2D eigenvalue weighted by Crippen LogP contribution is -2.53. The highest BCUT2D eigenvalue weighted by Crippen LogP contribution is 2.38. The Morgan fingerprint density at radius 3 is 2.68 bits per heavy atom. The summed E-state index contributed by atoms with van der Waals surface area (Å²) in [6, 6.07) is 7.03. The summed E-state index contributed by atoms with van der Waals surface area (Å²) in [7, 11) is 0. The van der Waals surface area contributed by atoms with Crippen LogP contribution in [0.1, 0.15) is 61.5 Å². The van der Waals surface area contributed by atoms with Crippen molar-refractivity contribution in [3.8, 4) is 0 Å². The fourth-order valence-corrected chi connectivity index (χ4v) is 5.24. The molecule has 0 unspecified atom stereocenters. The van der Waals surface area contributed by atoms with Crippen LogP contribution >= 0.6 is 0 Å². The largest absolute Gasteiger partial charge is 0.461 e. The van der Waals surface area contributed by atoms with Crippen LogP contribution in [0.4, 0.5) is 10.1 Å². The minimum absolute atomic E-state index is 0.0663. The molecule has 4 aromatic rings. The molecular weight excluding hydrogens is 431 g/mol. The first-order valence-electron chi connectivity index (χ1n) is 11.4. The third kappa shape index (κ3) is 4.01. The minimum atomic E-state index is -0.497. The van der Waals surface area contributed by atoms with Crippen LogP contribution in [0.5, 0.6) is 0 Å². The van der Waals surface area contributed by atoms with Gasteiger partial charge in [-0.1, -0.05) is 12.1 Å². The van der Waals surface area contributed by atoms with Gasteiger partial charge in [-0.3, -0.25) is 4.79 Å². The maximum atomic E-state index is 14.5. The van der Waals surface area contributed by atoms with Crippen LogP contribution in [0.3, 0.4) is 0 Å². The minimum Gasteiger partial charge on any atom is -0.461 e. The molecule has 0 saturated heterocycles. The molecule has 0 spiro atoms. The summed E-state index contributed by atoms with van der Waals surface area (Å²) < 4.78 is 22.1. The highest BCUT2D eigenvalue weighted by Gasteiger charge is 2.33. The van der Waals surface area contributed by atoms with E-state index in [-0.39, 0.29) is 22.6 Å². The number of benzene rings is 1. The number of rotatable bonds is 3. The number of hydrogen-bond acceptors (Lipinski definition) is 4. The van der Waals surface area contributed by atoms with Crippen LogP contribution in [-0.4, -0.2) is 26.4 Å². The van der Waals surface area contributed by atoms with Crippen molar-refractivity contribution in [1.82, 2.24) is 14.7 Å². The zero-order valence-corrected chi connectivity index (χ0v) is 20.3. The molecule has 0 fully saturated rings. The fraction of sp³-hybridized carbons (Fsp3) is 0.333. The number of furan rings is 1. The number of carbonyl (C=O) groups excluding carboxylic acids is 1. The Hall–Kier alpha value is -3.45. The molecule has 7 heteroatoms. The van der Waals surface area contributed by atoms with Crippen molar-refractivity contribution in [1.29, 1.82) is 0 Å². The van der Waals surface area contributed by atoms with E-state index in [9.17, 15) is 9.18 Å². The van der Waals surface area contributed by atoms with Crippen molar-refractivity contribution >= 4 is 33.8 Å². The number of nitrogens with one attached hydrogen (secondary N) is 2. The summed E-state index contributed by atoms with van der Waals surface area (Å²) in [6.07, 6.45) is 6.47. The van der Waals surface area contributed by atoms with Crippen LogP contribution in [0.25, 0.3) is 22.2 Å². The number of hydrogen-bond donors (Lipinski definition) is 2. The number of halogens is 1. The van der Waals surface area contributed by atoms with E-state index in [4.69, 9.17) is 4.42 Å². The highest BCUT2D eigenvalue weighted by molar-refractivity contribution is 6.13. The van der Waals surface area contributed by atoms with Gasteiger partial charge in [0.1, 0.15) is 11.3 Å². The summed E-state index contributed by atoms with van der Waals surface area (Å²) in [4.78, 5) is 17.4. The molecule has 0 atom stereocenters. The van der Waals surface area contributed by atoms with E-state index in [1.54, 1.807) is 29.8 Å². The molecule has 0 radical (unpaired) electrons. The number of imidazole rings is 1. The van der Waals surface area contributed by atoms with Gasteiger partial charge in [-0.15, -0.1) is 0 Å². The summed E-state index contributed by atoms with van der Waals surface area (Å²) >= 11 is 0. The lowest BCUT2D eigenvalue weighted by Gasteiger charge is -2.41. The Morgan fingerprint density at radius 2 is 1.94 bits per heavy atom. The molecule has 1 amide bonds. The van der Waals surface area contributed by atoms with Crippen molar-refractivity contribution < 1.29 is 13.6 Å². The maximum Gasteiger partial charge on any atom is 0.259 e. The molecule has 176 valence electrons. The van der Waals surface area contributed by atoms with Crippen LogP contribution < -0.4 is 10.6 Å². The molecule has 0 aliphatic carbocycles. The second kappa shape index (κ2) is 7.53. The standard InChI is InChI=1S/C27H29FN4O2/c1-15-13-32-14-18(10-22(28)24(32)29-15)30-25(33)20-8-7-19(21-9-16(2)34-23(20)21)17-11-26(3,4)31-27(5,6)12-17/h7-11,13-14,31H,12H2,1-6H3,(H,30,33). The predicted octanol–water partition coefficient (Wildman–Crippen LogP) is 6.02. The Labute approximate surface area is 197 Å². The molecule has 1 aliphatic heterocycles. The predicted molar refractivity (Wildman–Crippen MR) is 133 cm³/mol. The molecular formula is C27H29FN4O2. The number of fused-ring (bicyclic) bond motifs is 2. The van der Waals surface area contributed by atoms with E-state index in [1.165, 1.54) is 11.6 Å². The maximum absolute atomic E-state index is 14.5. The zero-order valence-electron chi connectivity index (χ0n) is 20.3. The second-order valence-corrected chi connectivity index (χ2v) is 10.5. The number of carbonyl (C=O) groups is 1. The average Bonchev–Trinajstić information content (AvgIpc) is 3.26. The van der Waals surface area contributed by atoms with Crippen molar-refractivity contribution in [2.24, 2.45) is 0 Å². The van der Waals surface area contributed by atoms with E-state index in [1.807, 2.05) is 19.1 Å². The monoisotopic (exact) mass is 460 g/mol. The first-order chi connectivity index (χ1) is 15.9. The van der Waals surface area contributed by atoms with Crippen molar-refractivity contribution in [3.63, 3.8) is 0 Å². The third-order valence-electron chi connectivity index (χ3n) is 6.11. The molecule has 6 nitrogen and oxygen atoms in total. The van der Waals surface area contributed by atoms with Crippen LogP contribution in [0, 0.1) is 19.7 Å². The number of anilines is 1. The van der Waals surface area contributed by atoms with Crippen LogP contribution in [0.15, 0.2) is 47.2 Å². The van der Waals surface area contributed by atoms with Gasteiger partial charge >= 0.3 is 0 Å². The number of aryl methyl sites for hydroxylation is 2. The van der Waals surface area contributed by atoms with Gasteiger partial charge in [-0.25, -0.2) is 9.37 Å². The van der Waals surface area contributed by atoms with E-state index >= 15 is 0 Å². The SMILES string of the molecule is Cc1cn2cc(NC(=O)c3ccc(C4=CC(C)(C)NC(C)(C)C4)c4cc(C)oc34)cc(F)c2n1. The number of aromatic nitrogens is 2. The average molecular weight is 461 g/mol. The van der Waals surface area contributed by atoms with Gasteiger partial charge in [0.25, 0.3) is 5.91 Å². The lowest BCUT2D eigenvalue weighted by molar-refractivity contribution is 0.102. The molecule has 34 heavy (non-hydrogen) atoms. The molecule has 5 rings (SSSR count). The molecule has 2 N–H and O–H groups in total. The normalized spacial score (nSPS) is 17.2. The third-order valence-corrected chi connectivity index (χ3v) is 6.11. The molecule has 1 aliphatic rings. The van der Waals surface area contributed by atoms with E-state index in [0.717, 1.165) is 23.1 Å². The summed E-state index contributed by atoms with van der Waals surface area (Å²) in [5.41, 5.74) is 4.26. The first-order valence-corrected chi connectivity index (χ1v) is 11.4. The van der Waals surface area contributed by atoms with E-state index in [2.05, 4.69) is 49.4 Å². The van der Waals surface area contributed by atoms with Gasteiger partial charge in [-0.05, 0) is 71.2 Å². The second-order valence-electron chi connectivity index (χ2n) is 10.5. The van der Waals surface area contributed by atoms with Crippen LogP contribution in [-0.2, 0) is 0 Å². The summed E-state index contributed by atoms with van der Waals surface area (Å²) in [5, 5.41) is 7.37. The molecule has 1 aromatic carbocycles. The van der Waals surface area contributed by atoms with Gasteiger partial charge in [-0.2, -0.15) is 0 Å². The summed E-state index contributed by atoms with van der Waals surface area (Å²) in [6.45, 7) is 12.4. The quantitative estimate of drug-likeness (QED) is 0.392. The van der Waals surface area contributed by atoms with E-state index in [0.29, 0.717) is 22.5 Å². The summed E-state index contributed by atoms with van der Waals surface area (Å²) in [5.74, 6) is -0.129. The Bertz CT molecular complexity index is 1490. The van der Waals surface area contributed by atoms with Gasteiger partial charge in [0, 0.05) is 34.9 Å². The van der Waals surface area contributed by atoms with Gasteiger partial charge in [0.15, 0.2) is 11.5 Å². The Balaban J connectivity index is 1.55. The molecule has 4 heterocycles. The fourth-order valence-electron chi connectivity index (χ4n) is 5.24. The molecule has 0 saturated carbocycles.